The Bertz CT molecular complexity index is 873. The van der Waals surface area contributed by atoms with E-state index in [-0.39, 0.29) is 24.2 Å². The van der Waals surface area contributed by atoms with Crippen LogP contribution in [-0.4, -0.2) is 29.7 Å². The van der Waals surface area contributed by atoms with Crippen molar-refractivity contribution in [3.63, 3.8) is 0 Å². The molecule has 10 heteroatoms. The minimum atomic E-state index is -3.60. The molecule has 2 aromatic heterocycles. The van der Waals surface area contributed by atoms with Gasteiger partial charge in [-0.05, 0) is 25.0 Å². The second kappa shape index (κ2) is 6.73. The number of nitrogens with zero attached hydrogens (tertiary/aromatic N) is 3. The molecule has 0 bridgehead atoms. The molecule has 1 atom stereocenters. The fraction of sp³-hybridized carbons (Fsp3) is 0.500. The molecule has 1 unspecified atom stereocenters. The molecular formula is C14H19N5O4S. The van der Waals surface area contributed by atoms with Crippen LogP contribution in [0.15, 0.2) is 27.5 Å². The molecule has 1 aliphatic rings. The predicted molar refractivity (Wildman–Crippen MR) is 86.6 cm³/mol. The Kier molecular flexibility index (Phi) is 4.67. The number of aromatic nitrogens is 3. The maximum absolute atomic E-state index is 12.3. The Hall–Kier alpha value is -2.20. The molecule has 3 rings (SSSR count). The summed E-state index contributed by atoms with van der Waals surface area (Å²) >= 11 is 0. The van der Waals surface area contributed by atoms with Gasteiger partial charge >= 0.3 is 5.76 Å². The third-order valence-corrected chi connectivity index (χ3v) is 5.24. The SMILES string of the molecule is Nc1cccc(CS(=O)(=O)NCC2CCCCc3noc(=O)n32)n1. The van der Waals surface area contributed by atoms with Crippen molar-refractivity contribution >= 4 is 15.8 Å². The highest BCUT2D eigenvalue weighted by Gasteiger charge is 2.24. The Labute approximate surface area is 138 Å². The summed E-state index contributed by atoms with van der Waals surface area (Å²) in [7, 11) is -3.60. The van der Waals surface area contributed by atoms with Crippen LogP contribution in [0.3, 0.4) is 0 Å². The van der Waals surface area contributed by atoms with Gasteiger partial charge in [-0.1, -0.05) is 17.6 Å². The number of hydrogen-bond acceptors (Lipinski definition) is 7. The van der Waals surface area contributed by atoms with Crippen LogP contribution >= 0.6 is 0 Å². The number of pyridine rings is 1. The van der Waals surface area contributed by atoms with Crippen molar-refractivity contribution in [1.29, 1.82) is 0 Å². The van der Waals surface area contributed by atoms with Crippen LogP contribution in [0.5, 0.6) is 0 Å². The zero-order chi connectivity index (χ0) is 17.2. The molecule has 0 saturated heterocycles. The van der Waals surface area contributed by atoms with Crippen LogP contribution < -0.4 is 16.2 Å². The molecule has 2 aromatic rings. The summed E-state index contributed by atoms with van der Waals surface area (Å²) in [6.45, 7) is 0.110. The number of nitrogens with two attached hydrogens (primary N) is 1. The zero-order valence-corrected chi connectivity index (χ0v) is 13.8. The van der Waals surface area contributed by atoms with E-state index in [9.17, 15) is 13.2 Å². The van der Waals surface area contributed by atoms with E-state index < -0.39 is 15.8 Å². The highest BCUT2D eigenvalue weighted by atomic mass is 32.2. The first-order chi connectivity index (χ1) is 11.4. The number of aryl methyl sites for hydroxylation is 1. The Balaban J connectivity index is 1.70. The fourth-order valence-electron chi connectivity index (χ4n) is 2.84. The molecule has 0 amide bonds. The highest BCUT2D eigenvalue weighted by molar-refractivity contribution is 7.88. The highest BCUT2D eigenvalue weighted by Crippen LogP contribution is 2.21. The van der Waals surface area contributed by atoms with Gasteiger partial charge in [-0.3, -0.25) is 9.09 Å². The zero-order valence-electron chi connectivity index (χ0n) is 13.0. The number of rotatable bonds is 5. The smallest absolute Gasteiger partial charge is 0.384 e. The molecule has 0 aliphatic carbocycles. The molecule has 0 aromatic carbocycles. The minimum absolute atomic E-state index is 0.110. The van der Waals surface area contributed by atoms with Gasteiger partial charge in [0.1, 0.15) is 11.6 Å². The van der Waals surface area contributed by atoms with Crippen molar-refractivity contribution in [3.05, 3.63) is 40.3 Å². The van der Waals surface area contributed by atoms with Crippen LogP contribution in [0.4, 0.5) is 5.82 Å². The van der Waals surface area contributed by atoms with Gasteiger partial charge in [0.25, 0.3) is 0 Å². The maximum Gasteiger partial charge on any atom is 0.441 e. The standard InChI is InChI=1S/C14H19N5O4S/c15-12-6-3-4-10(17-12)9-24(21,22)16-8-11-5-1-2-7-13-18-23-14(20)19(11)13/h3-4,6,11,16H,1-2,5,7-9H2,(H2,15,17). The lowest BCUT2D eigenvalue weighted by atomic mass is 10.1. The van der Waals surface area contributed by atoms with Gasteiger partial charge in [0, 0.05) is 13.0 Å². The predicted octanol–water partition coefficient (Wildman–Crippen LogP) is 0.201. The van der Waals surface area contributed by atoms with Crippen LogP contribution in [0.25, 0.3) is 0 Å². The summed E-state index contributed by atoms with van der Waals surface area (Å²) in [6.07, 6.45) is 3.13. The van der Waals surface area contributed by atoms with Crippen molar-refractivity contribution in [2.75, 3.05) is 12.3 Å². The van der Waals surface area contributed by atoms with E-state index >= 15 is 0 Å². The first-order valence-corrected chi connectivity index (χ1v) is 9.36. The molecule has 9 nitrogen and oxygen atoms in total. The number of nitrogen functional groups attached to an aromatic ring is 1. The summed E-state index contributed by atoms with van der Waals surface area (Å²) in [5, 5.41) is 3.76. The lowest BCUT2D eigenvalue weighted by Crippen LogP contribution is -2.34. The third-order valence-electron chi connectivity index (χ3n) is 3.96. The summed E-state index contributed by atoms with van der Waals surface area (Å²) in [5.74, 6) is 0.0239. The van der Waals surface area contributed by atoms with Crippen LogP contribution in [0.2, 0.25) is 0 Å². The number of anilines is 1. The number of nitrogens with one attached hydrogen (secondary N) is 1. The van der Waals surface area contributed by atoms with Crippen molar-refractivity contribution in [1.82, 2.24) is 19.4 Å². The van der Waals surface area contributed by atoms with E-state index in [1.165, 1.54) is 4.57 Å². The van der Waals surface area contributed by atoms with Crippen molar-refractivity contribution < 1.29 is 12.9 Å². The summed E-state index contributed by atoms with van der Waals surface area (Å²) in [5.41, 5.74) is 5.93. The van der Waals surface area contributed by atoms with Crippen LogP contribution in [0.1, 0.15) is 36.8 Å². The van der Waals surface area contributed by atoms with Gasteiger partial charge in [-0.25, -0.2) is 22.9 Å². The molecule has 130 valence electrons. The number of fused-ring (bicyclic) bond motifs is 1. The van der Waals surface area contributed by atoms with Gasteiger partial charge in [0.05, 0.1) is 11.7 Å². The monoisotopic (exact) mass is 353 g/mol. The van der Waals surface area contributed by atoms with E-state index in [1.807, 2.05) is 0 Å². The summed E-state index contributed by atoms with van der Waals surface area (Å²) < 4.78 is 33.2. The molecule has 0 saturated carbocycles. The van der Waals surface area contributed by atoms with Crippen molar-refractivity contribution in [2.45, 2.75) is 37.5 Å². The van der Waals surface area contributed by atoms with Crippen LogP contribution in [-0.2, 0) is 22.2 Å². The molecule has 3 N–H and O–H groups in total. The lowest BCUT2D eigenvalue weighted by Gasteiger charge is -2.16. The normalized spacial score (nSPS) is 18.1. The molecule has 1 aliphatic heterocycles. The molecule has 0 spiro atoms. The lowest BCUT2D eigenvalue weighted by molar-refractivity contribution is 0.352. The number of sulfonamides is 1. The summed E-state index contributed by atoms with van der Waals surface area (Å²) in [6, 6.07) is 4.55. The third kappa shape index (κ3) is 3.82. The van der Waals surface area contributed by atoms with E-state index in [1.54, 1.807) is 18.2 Å². The molecule has 0 radical (unpaired) electrons. The van der Waals surface area contributed by atoms with Gasteiger partial charge in [0.2, 0.25) is 10.0 Å². The van der Waals surface area contributed by atoms with Gasteiger partial charge in [-0.2, -0.15) is 0 Å². The quantitative estimate of drug-likeness (QED) is 0.784. The average Bonchev–Trinajstić information content (AvgIpc) is 2.76. The first kappa shape index (κ1) is 16.7. The van der Waals surface area contributed by atoms with E-state index in [4.69, 9.17) is 10.3 Å². The molecular weight excluding hydrogens is 334 g/mol. The summed E-state index contributed by atoms with van der Waals surface area (Å²) in [4.78, 5) is 15.8. The van der Waals surface area contributed by atoms with Crippen molar-refractivity contribution in [2.24, 2.45) is 0 Å². The van der Waals surface area contributed by atoms with Crippen LogP contribution in [0, 0.1) is 0 Å². The largest absolute Gasteiger partial charge is 0.441 e. The Morgan fingerprint density at radius 2 is 2.21 bits per heavy atom. The van der Waals surface area contributed by atoms with E-state index in [0.29, 0.717) is 24.4 Å². The first-order valence-electron chi connectivity index (χ1n) is 7.70. The van der Waals surface area contributed by atoms with Gasteiger partial charge in [-0.15, -0.1) is 0 Å². The number of hydrogen-bond donors (Lipinski definition) is 2. The van der Waals surface area contributed by atoms with E-state index in [0.717, 1.165) is 12.8 Å². The van der Waals surface area contributed by atoms with E-state index in [2.05, 4.69) is 14.9 Å². The minimum Gasteiger partial charge on any atom is -0.384 e. The Morgan fingerprint density at radius 3 is 3.00 bits per heavy atom. The second-order valence-electron chi connectivity index (χ2n) is 5.80. The maximum atomic E-state index is 12.3. The average molecular weight is 353 g/mol. The molecule has 0 fully saturated rings. The molecule has 3 heterocycles. The molecule has 24 heavy (non-hydrogen) atoms. The topological polar surface area (TPSA) is 133 Å². The van der Waals surface area contributed by atoms with Gasteiger partial charge < -0.3 is 5.73 Å². The van der Waals surface area contributed by atoms with Gasteiger partial charge in [0.15, 0.2) is 5.82 Å². The Morgan fingerprint density at radius 1 is 1.38 bits per heavy atom. The fourth-order valence-corrected chi connectivity index (χ4v) is 3.94. The second-order valence-corrected chi connectivity index (χ2v) is 7.60. The van der Waals surface area contributed by atoms with Crippen molar-refractivity contribution in [3.8, 4) is 0 Å².